The number of nitrogens with one attached hydrogen (secondary N) is 1. The van der Waals surface area contributed by atoms with Crippen molar-refractivity contribution >= 4 is 0 Å². The van der Waals surface area contributed by atoms with Crippen LogP contribution in [0.4, 0.5) is 0 Å². The second-order valence-corrected chi connectivity index (χ2v) is 4.93. The maximum Gasteiger partial charge on any atom is 0.131 e. The molecule has 3 rings (SSSR count). The van der Waals surface area contributed by atoms with Crippen LogP contribution in [-0.4, -0.2) is 13.1 Å². The van der Waals surface area contributed by atoms with Crippen LogP contribution in [-0.2, 0) is 0 Å². The lowest BCUT2D eigenvalue weighted by Gasteiger charge is -2.28. The highest BCUT2D eigenvalue weighted by molar-refractivity contribution is 5.53. The Balaban J connectivity index is 1.96. The van der Waals surface area contributed by atoms with Gasteiger partial charge >= 0.3 is 0 Å². The average Bonchev–Trinajstić information content (AvgIpc) is 2.46. The molecule has 0 atom stereocenters. The highest BCUT2D eigenvalue weighted by Crippen LogP contribution is 2.43. The summed E-state index contributed by atoms with van der Waals surface area (Å²) in [7, 11) is 0. The van der Waals surface area contributed by atoms with Crippen molar-refractivity contribution in [3.8, 4) is 11.5 Å². The predicted molar refractivity (Wildman–Crippen MR) is 78.0 cm³/mol. The first-order valence-electron chi connectivity index (χ1n) is 6.96. The van der Waals surface area contributed by atoms with Gasteiger partial charge in [0, 0.05) is 23.6 Å². The van der Waals surface area contributed by atoms with Gasteiger partial charge in [0.15, 0.2) is 0 Å². The van der Waals surface area contributed by atoms with Gasteiger partial charge in [-0.15, -0.1) is 0 Å². The highest BCUT2D eigenvalue weighted by Gasteiger charge is 2.25. The van der Waals surface area contributed by atoms with E-state index >= 15 is 0 Å². The molecule has 0 aromatic heterocycles. The van der Waals surface area contributed by atoms with E-state index in [-0.39, 0.29) is 0 Å². The van der Waals surface area contributed by atoms with Gasteiger partial charge in [-0.3, -0.25) is 0 Å². The quantitative estimate of drug-likeness (QED) is 0.834. The van der Waals surface area contributed by atoms with E-state index in [4.69, 9.17) is 4.74 Å². The summed E-state index contributed by atoms with van der Waals surface area (Å²) in [5.41, 5.74) is 2.56. The first-order chi connectivity index (χ1) is 9.40. The molecule has 0 spiro atoms. The maximum absolute atomic E-state index is 5.99. The number of para-hydroxylation sites is 2. The molecule has 0 bridgehead atoms. The molecule has 0 unspecified atom stereocenters. The smallest absolute Gasteiger partial charge is 0.131 e. The molecule has 0 amide bonds. The zero-order valence-corrected chi connectivity index (χ0v) is 11.2. The SMILES string of the molecule is CCCNCC1c2ccccc2Oc2ccccc21. The Bertz CT molecular complexity index is 519. The van der Waals surface area contributed by atoms with Crippen molar-refractivity contribution < 1.29 is 4.74 Å². The molecule has 98 valence electrons. The lowest BCUT2D eigenvalue weighted by molar-refractivity contribution is 0.440. The number of ether oxygens (including phenoxy) is 1. The molecule has 2 heteroatoms. The fourth-order valence-electron chi connectivity index (χ4n) is 2.65. The van der Waals surface area contributed by atoms with Gasteiger partial charge in [-0.25, -0.2) is 0 Å². The van der Waals surface area contributed by atoms with Gasteiger partial charge in [-0.2, -0.15) is 0 Å². The summed E-state index contributed by atoms with van der Waals surface area (Å²) in [4.78, 5) is 0. The van der Waals surface area contributed by atoms with Crippen LogP contribution >= 0.6 is 0 Å². The van der Waals surface area contributed by atoms with Crippen molar-refractivity contribution in [3.05, 3.63) is 59.7 Å². The third-order valence-corrected chi connectivity index (χ3v) is 3.58. The molecule has 1 aliphatic heterocycles. The summed E-state index contributed by atoms with van der Waals surface area (Å²) in [5.74, 6) is 2.36. The molecule has 0 aliphatic carbocycles. The molecule has 0 saturated carbocycles. The lowest BCUT2D eigenvalue weighted by Crippen LogP contribution is -2.25. The van der Waals surface area contributed by atoms with Crippen LogP contribution < -0.4 is 10.1 Å². The van der Waals surface area contributed by atoms with Crippen LogP contribution in [0, 0.1) is 0 Å². The van der Waals surface area contributed by atoms with Crippen molar-refractivity contribution in [1.29, 1.82) is 0 Å². The van der Waals surface area contributed by atoms with Crippen LogP contribution in [0.2, 0.25) is 0 Å². The van der Waals surface area contributed by atoms with Gasteiger partial charge < -0.3 is 10.1 Å². The third-order valence-electron chi connectivity index (χ3n) is 3.58. The molecule has 1 aliphatic rings. The first-order valence-corrected chi connectivity index (χ1v) is 6.96. The molecule has 2 aromatic rings. The largest absolute Gasteiger partial charge is 0.457 e. The Kier molecular flexibility index (Phi) is 3.51. The number of fused-ring (bicyclic) bond motifs is 2. The zero-order valence-electron chi connectivity index (χ0n) is 11.2. The minimum Gasteiger partial charge on any atom is -0.457 e. The Morgan fingerprint density at radius 1 is 0.947 bits per heavy atom. The zero-order chi connectivity index (χ0) is 13.1. The molecule has 0 radical (unpaired) electrons. The van der Waals surface area contributed by atoms with E-state index in [1.165, 1.54) is 11.1 Å². The summed E-state index contributed by atoms with van der Waals surface area (Å²) in [6.07, 6.45) is 1.16. The van der Waals surface area contributed by atoms with Crippen LogP contribution in [0.3, 0.4) is 0 Å². The molecule has 0 saturated heterocycles. The molecule has 19 heavy (non-hydrogen) atoms. The Labute approximate surface area is 114 Å². The van der Waals surface area contributed by atoms with Crippen molar-refractivity contribution in [1.82, 2.24) is 5.32 Å². The fourth-order valence-corrected chi connectivity index (χ4v) is 2.65. The second-order valence-electron chi connectivity index (χ2n) is 4.93. The third kappa shape index (κ3) is 2.36. The van der Waals surface area contributed by atoms with Crippen LogP contribution in [0.1, 0.15) is 30.4 Å². The van der Waals surface area contributed by atoms with Gasteiger partial charge in [0.1, 0.15) is 11.5 Å². The van der Waals surface area contributed by atoms with Crippen molar-refractivity contribution in [2.75, 3.05) is 13.1 Å². The first kappa shape index (κ1) is 12.2. The molecule has 1 heterocycles. The molecule has 1 N–H and O–H groups in total. The summed E-state index contributed by atoms with van der Waals surface area (Å²) in [6.45, 7) is 4.21. The second kappa shape index (κ2) is 5.45. The Morgan fingerprint density at radius 3 is 2.11 bits per heavy atom. The van der Waals surface area contributed by atoms with Crippen molar-refractivity contribution in [3.63, 3.8) is 0 Å². The van der Waals surface area contributed by atoms with E-state index in [9.17, 15) is 0 Å². The predicted octanol–water partition coefficient (Wildman–Crippen LogP) is 3.92. The van der Waals surface area contributed by atoms with Gasteiger partial charge in [0.05, 0.1) is 0 Å². The number of hydrogen-bond acceptors (Lipinski definition) is 2. The number of benzene rings is 2. The summed E-state index contributed by atoms with van der Waals surface area (Å²) in [6, 6.07) is 16.7. The molecular weight excluding hydrogens is 234 g/mol. The minimum atomic E-state index is 0.382. The van der Waals surface area contributed by atoms with Crippen molar-refractivity contribution in [2.24, 2.45) is 0 Å². The van der Waals surface area contributed by atoms with Crippen LogP contribution in [0.15, 0.2) is 48.5 Å². The van der Waals surface area contributed by atoms with Crippen molar-refractivity contribution in [2.45, 2.75) is 19.3 Å². The van der Waals surface area contributed by atoms with Gasteiger partial charge in [0.2, 0.25) is 0 Å². The minimum absolute atomic E-state index is 0.382. The van der Waals surface area contributed by atoms with E-state index in [0.717, 1.165) is 31.0 Å². The molecule has 2 nitrogen and oxygen atoms in total. The highest BCUT2D eigenvalue weighted by atomic mass is 16.5. The van der Waals surface area contributed by atoms with E-state index in [0.29, 0.717) is 5.92 Å². The monoisotopic (exact) mass is 253 g/mol. The lowest BCUT2D eigenvalue weighted by atomic mass is 9.88. The standard InChI is InChI=1S/C17H19NO/c1-2-11-18-12-15-13-7-3-5-9-16(13)19-17-10-6-4-8-14(15)17/h3-10,15,18H,2,11-12H2,1H3. The average molecular weight is 253 g/mol. The molecular formula is C17H19NO. The Morgan fingerprint density at radius 2 is 1.53 bits per heavy atom. The van der Waals surface area contributed by atoms with E-state index in [2.05, 4.69) is 48.6 Å². The van der Waals surface area contributed by atoms with Crippen LogP contribution in [0.25, 0.3) is 0 Å². The van der Waals surface area contributed by atoms with Crippen LogP contribution in [0.5, 0.6) is 11.5 Å². The van der Waals surface area contributed by atoms with Gasteiger partial charge in [0.25, 0.3) is 0 Å². The van der Waals surface area contributed by atoms with E-state index in [1.54, 1.807) is 0 Å². The summed E-state index contributed by atoms with van der Waals surface area (Å²) in [5, 5.41) is 3.53. The fraction of sp³-hybridized carbons (Fsp3) is 0.294. The van der Waals surface area contributed by atoms with Gasteiger partial charge in [-0.05, 0) is 25.1 Å². The van der Waals surface area contributed by atoms with E-state index < -0.39 is 0 Å². The topological polar surface area (TPSA) is 21.3 Å². The van der Waals surface area contributed by atoms with Gasteiger partial charge in [-0.1, -0.05) is 43.3 Å². The number of rotatable bonds is 4. The normalized spacial score (nSPS) is 13.5. The Hall–Kier alpha value is -1.80. The maximum atomic E-state index is 5.99. The molecule has 2 aromatic carbocycles. The van der Waals surface area contributed by atoms with E-state index in [1.807, 2.05) is 12.1 Å². The summed E-state index contributed by atoms with van der Waals surface area (Å²) >= 11 is 0. The molecule has 0 fully saturated rings. The number of hydrogen-bond donors (Lipinski definition) is 1. The summed E-state index contributed by atoms with van der Waals surface area (Å²) < 4.78 is 5.99.